The van der Waals surface area contributed by atoms with Gasteiger partial charge in [0.25, 0.3) is 5.91 Å². The molecule has 29 heavy (non-hydrogen) atoms. The highest BCUT2D eigenvalue weighted by molar-refractivity contribution is 14.0. The molecule has 162 valence electrons. The van der Waals surface area contributed by atoms with E-state index < -0.39 is 0 Å². The zero-order valence-corrected chi connectivity index (χ0v) is 20.3. The Balaban J connectivity index is 0.00000300. The van der Waals surface area contributed by atoms with Crippen LogP contribution in [0.15, 0.2) is 29.3 Å². The van der Waals surface area contributed by atoms with Crippen molar-refractivity contribution >= 4 is 35.8 Å². The van der Waals surface area contributed by atoms with Crippen LogP contribution in [0.4, 0.5) is 0 Å². The summed E-state index contributed by atoms with van der Waals surface area (Å²) in [7, 11) is 0. The lowest BCUT2D eigenvalue weighted by Gasteiger charge is -2.28. The summed E-state index contributed by atoms with van der Waals surface area (Å²) in [5, 5.41) is 6.96. The lowest BCUT2D eigenvalue weighted by atomic mass is 9.87. The number of amides is 1. The summed E-state index contributed by atoms with van der Waals surface area (Å²) in [5.41, 5.74) is 1.92. The second kappa shape index (κ2) is 12.4. The molecule has 3 rings (SSSR count). The number of likely N-dealkylation sites (tertiary alicyclic amines) is 1. The Hall–Kier alpha value is -1.31. The van der Waals surface area contributed by atoms with Crippen LogP contribution in [0.1, 0.15) is 74.7 Å². The van der Waals surface area contributed by atoms with E-state index in [-0.39, 0.29) is 29.9 Å². The van der Waals surface area contributed by atoms with Crippen LogP contribution < -0.4 is 10.6 Å². The van der Waals surface area contributed by atoms with Crippen molar-refractivity contribution in [2.24, 2.45) is 10.9 Å². The van der Waals surface area contributed by atoms with Crippen LogP contribution in [0.25, 0.3) is 0 Å². The minimum absolute atomic E-state index is 0. The van der Waals surface area contributed by atoms with E-state index in [2.05, 4.69) is 24.5 Å². The van der Waals surface area contributed by atoms with E-state index in [0.29, 0.717) is 12.6 Å². The van der Waals surface area contributed by atoms with Crippen molar-refractivity contribution in [3.8, 4) is 0 Å². The van der Waals surface area contributed by atoms with Gasteiger partial charge in [-0.25, -0.2) is 4.99 Å². The third-order valence-electron chi connectivity index (χ3n) is 5.96. The molecule has 5 nitrogen and oxygen atoms in total. The van der Waals surface area contributed by atoms with Gasteiger partial charge in [0, 0.05) is 31.2 Å². The number of carbonyl (C=O) groups excluding carboxylic acids is 1. The molecule has 0 aromatic heterocycles. The number of nitrogens with one attached hydrogen (secondary N) is 2. The van der Waals surface area contributed by atoms with Crippen LogP contribution >= 0.6 is 24.0 Å². The van der Waals surface area contributed by atoms with Gasteiger partial charge >= 0.3 is 0 Å². The molecule has 1 aromatic carbocycles. The van der Waals surface area contributed by atoms with E-state index in [9.17, 15) is 4.79 Å². The smallest absolute Gasteiger partial charge is 0.253 e. The summed E-state index contributed by atoms with van der Waals surface area (Å²) in [6.07, 6.45) is 8.52. The first-order chi connectivity index (χ1) is 13.7. The Labute approximate surface area is 193 Å². The predicted molar refractivity (Wildman–Crippen MR) is 131 cm³/mol. The third kappa shape index (κ3) is 7.46. The lowest BCUT2D eigenvalue weighted by Crippen LogP contribution is -2.44. The largest absolute Gasteiger partial charge is 0.357 e. The van der Waals surface area contributed by atoms with Crippen LogP contribution in [0, 0.1) is 5.92 Å². The van der Waals surface area contributed by atoms with Crippen LogP contribution in [0.2, 0.25) is 0 Å². The second-order valence-electron chi connectivity index (χ2n) is 8.35. The zero-order valence-electron chi connectivity index (χ0n) is 18.0. The number of rotatable bonds is 5. The highest BCUT2D eigenvalue weighted by Gasteiger charge is 2.19. The second-order valence-corrected chi connectivity index (χ2v) is 8.35. The standard InChI is InChI=1S/C23H36N4O.HI/c1-3-24-23(26-21-13-7-18(2)8-14-21)25-17-19-9-11-20(12-10-19)22(28)27-15-5-4-6-16-27;/h9-12,18,21H,3-8,13-17H2,1-2H3,(H2,24,25,26);1H. The SMILES string of the molecule is CCNC(=NCc1ccc(C(=O)N2CCCCC2)cc1)NC1CCC(C)CC1.I. The fourth-order valence-corrected chi connectivity index (χ4v) is 4.12. The number of benzene rings is 1. The maximum absolute atomic E-state index is 12.6. The molecule has 1 amide bonds. The molecule has 2 aliphatic rings. The number of hydrogen-bond acceptors (Lipinski definition) is 2. The Kier molecular flexibility index (Phi) is 10.2. The number of halogens is 1. The van der Waals surface area contributed by atoms with E-state index >= 15 is 0 Å². The molecule has 0 spiro atoms. The Morgan fingerprint density at radius 1 is 1.07 bits per heavy atom. The zero-order chi connectivity index (χ0) is 19.8. The van der Waals surface area contributed by atoms with Gasteiger partial charge in [-0.15, -0.1) is 24.0 Å². The number of guanidine groups is 1. The summed E-state index contributed by atoms with van der Waals surface area (Å²) >= 11 is 0. The van der Waals surface area contributed by atoms with Gasteiger partial charge in [0.05, 0.1) is 6.54 Å². The Morgan fingerprint density at radius 2 is 1.72 bits per heavy atom. The normalized spacial score (nSPS) is 22.6. The molecule has 2 N–H and O–H groups in total. The minimum Gasteiger partial charge on any atom is -0.357 e. The van der Waals surface area contributed by atoms with Gasteiger partial charge in [0.1, 0.15) is 0 Å². The van der Waals surface area contributed by atoms with Crippen molar-refractivity contribution in [3.63, 3.8) is 0 Å². The fraction of sp³-hybridized carbons (Fsp3) is 0.652. The molecule has 0 unspecified atom stereocenters. The third-order valence-corrected chi connectivity index (χ3v) is 5.96. The van der Waals surface area contributed by atoms with Crippen LogP contribution in [0.3, 0.4) is 0 Å². The highest BCUT2D eigenvalue weighted by atomic mass is 127. The summed E-state index contributed by atoms with van der Waals surface area (Å²) in [6, 6.07) is 8.49. The average molecular weight is 512 g/mol. The van der Waals surface area contributed by atoms with Gasteiger partial charge in [0.2, 0.25) is 0 Å². The summed E-state index contributed by atoms with van der Waals surface area (Å²) in [6.45, 7) is 7.70. The number of carbonyl (C=O) groups is 1. The van der Waals surface area contributed by atoms with E-state index in [4.69, 9.17) is 4.99 Å². The topological polar surface area (TPSA) is 56.7 Å². The van der Waals surface area contributed by atoms with Gasteiger partial charge in [0.15, 0.2) is 5.96 Å². The number of nitrogens with zero attached hydrogens (tertiary/aromatic N) is 2. The van der Waals surface area contributed by atoms with Gasteiger partial charge in [-0.05, 0) is 75.5 Å². The maximum Gasteiger partial charge on any atom is 0.253 e. The number of piperidine rings is 1. The van der Waals surface area contributed by atoms with Gasteiger partial charge in [-0.3, -0.25) is 4.79 Å². The molecule has 1 heterocycles. The van der Waals surface area contributed by atoms with Crippen molar-refractivity contribution in [2.75, 3.05) is 19.6 Å². The predicted octanol–water partition coefficient (Wildman–Crippen LogP) is 4.56. The van der Waals surface area contributed by atoms with Gasteiger partial charge < -0.3 is 15.5 Å². The summed E-state index contributed by atoms with van der Waals surface area (Å²) in [5.74, 6) is 1.91. The summed E-state index contributed by atoms with van der Waals surface area (Å²) < 4.78 is 0. The molecule has 2 fully saturated rings. The van der Waals surface area contributed by atoms with Crippen molar-refractivity contribution < 1.29 is 4.79 Å². The fourth-order valence-electron chi connectivity index (χ4n) is 4.12. The molecular weight excluding hydrogens is 475 g/mol. The van der Waals surface area contributed by atoms with Crippen molar-refractivity contribution in [1.29, 1.82) is 0 Å². The molecule has 0 bridgehead atoms. The quantitative estimate of drug-likeness (QED) is 0.346. The van der Waals surface area contributed by atoms with Crippen molar-refractivity contribution in [1.82, 2.24) is 15.5 Å². The van der Waals surface area contributed by atoms with Gasteiger partial charge in [-0.1, -0.05) is 19.1 Å². The monoisotopic (exact) mass is 512 g/mol. The Morgan fingerprint density at radius 3 is 2.34 bits per heavy atom. The molecule has 0 radical (unpaired) electrons. The molecule has 6 heteroatoms. The van der Waals surface area contributed by atoms with Crippen molar-refractivity contribution in [3.05, 3.63) is 35.4 Å². The summed E-state index contributed by atoms with van der Waals surface area (Å²) in [4.78, 5) is 19.3. The van der Waals surface area contributed by atoms with E-state index in [1.807, 2.05) is 29.2 Å². The van der Waals surface area contributed by atoms with E-state index in [0.717, 1.165) is 55.5 Å². The lowest BCUT2D eigenvalue weighted by molar-refractivity contribution is 0.0724. The molecule has 1 aliphatic heterocycles. The number of hydrogen-bond donors (Lipinski definition) is 2. The highest BCUT2D eigenvalue weighted by Crippen LogP contribution is 2.23. The first-order valence-corrected chi connectivity index (χ1v) is 11.1. The Bertz CT molecular complexity index is 647. The van der Waals surface area contributed by atoms with Crippen LogP contribution in [-0.4, -0.2) is 42.4 Å². The van der Waals surface area contributed by atoms with E-state index in [1.54, 1.807) is 0 Å². The molecule has 1 saturated heterocycles. The molecular formula is C23H37IN4O. The van der Waals surface area contributed by atoms with Gasteiger partial charge in [-0.2, -0.15) is 0 Å². The first kappa shape index (κ1) is 24.0. The first-order valence-electron chi connectivity index (χ1n) is 11.1. The average Bonchev–Trinajstić information content (AvgIpc) is 2.74. The van der Waals surface area contributed by atoms with Crippen LogP contribution in [0.5, 0.6) is 0 Å². The molecule has 0 atom stereocenters. The molecule has 1 saturated carbocycles. The molecule has 1 aromatic rings. The maximum atomic E-state index is 12.6. The van der Waals surface area contributed by atoms with Crippen molar-refractivity contribution in [2.45, 2.75) is 71.4 Å². The molecule has 1 aliphatic carbocycles. The minimum atomic E-state index is 0. The number of aliphatic imine (C=N–C) groups is 1. The van der Waals surface area contributed by atoms with Crippen LogP contribution in [-0.2, 0) is 6.54 Å². The van der Waals surface area contributed by atoms with E-state index in [1.165, 1.54) is 32.1 Å².